The number of ether oxygens (including phenoxy) is 1. The maximum absolute atomic E-state index is 12.8. The Morgan fingerprint density at radius 1 is 1.07 bits per heavy atom. The number of benzene rings is 2. The van der Waals surface area contributed by atoms with E-state index in [0.717, 1.165) is 5.56 Å². The predicted octanol–water partition coefficient (Wildman–Crippen LogP) is 1.58. The first-order valence-electron chi connectivity index (χ1n) is 8.20. The molecule has 0 aliphatic rings. The molecule has 0 fully saturated rings. The molecule has 3 aromatic rings. The Balaban J connectivity index is 1.53. The average molecular weight is 369 g/mol. The van der Waals surface area contributed by atoms with E-state index in [1.807, 2.05) is 0 Å². The normalized spacial score (nSPS) is 10.6. The zero-order valence-corrected chi connectivity index (χ0v) is 14.2. The highest BCUT2D eigenvalue weighted by molar-refractivity contribution is 6.02. The third kappa shape index (κ3) is 4.55. The second-order valence-corrected chi connectivity index (χ2v) is 5.75. The van der Waals surface area contributed by atoms with Crippen molar-refractivity contribution >= 4 is 22.6 Å². The third-order valence-electron chi connectivity index (χ3n) is 3.87. The summed E-state index contributed by atoms with van der Waals surface area (Å²) in [7, 11) is 0. The SMILES string of the molecule is O=C(COC(=O)c1n[nH]c(=O)c2ccccc12)NCCc1ccc(F)cc1. The molecular formula is C19H16FN3O4. The molecule has 8 heteroatoms. The molecule has 0 saturated carbocycles. The Morgan fingerprint density at radius 2 is 1.78 bits per heavy atom. The molecule has 0 bridgehead atoms. The Labute approximate surface area is 153 Å². The third-order valence-corrected chi connectivity index (χ3v) is 3.87. The van der Waals surface area contributed by atoms with Gasteiger partial charge in [-0.25, -0.2) is 14.3 Å². The van der Waals surface area contributed by atoms with Crippen LogP contribution in [-0.4, -0.2) is 35.2 Å². The summed E-state index contributed by atoms with van der Waals surface area (Å²) >= 11 is 0. The fourth-order valence-electron chi connectivity index (χ4n) is 2.52. The highest BCUT2D eigenvalue weighted by Gasteiger charge is 2.16. The lowest BCUT2D eigenvalue weighted by Gasteiger charge is -2.07. The second kappa shape index (κ2) is 8.22. The summed E-state index contributed by atoms with van der Waals surface area (Å²) < 4.78 is 17.8. The molecule has 7 nitrogen and oxygen atoms in total. The molecule has 1 aromatic heterocycles. The minimum Gasteiger partial charge on any atom is -0.451 e. The standard InChI is InChI=1S/C19H16FN3O4/c20-13-7-5-12(6-8-13)9-10-21-16(24)11-27-19(26)17-14-3-1-2-4-15(14)18(25)23-22-17/h1-8H,9-11H2,(H,21,24)(H,23,25). The van der Waals surface area contributed by atoms with Gasteiger partial charge < -0.3 is 10.1 Å². The van der Waals surface area contributed by atoms with Crippen LogP contribution in [-0.2, 0) is 16.0 Å². The zero-order chi connectivity index (χ0) is 19.2. The number of esters is 1. The lowest BCUT2D eigenvalue weighted by molar-refractivity contribution is -0.124. The van der Waals surface area contributed by atoms with E-state index in [2.05, 4.69) is 15.5 Å². The van der Waals surface area contributed by atoms with Crippen molar-refractivity contribution in [2.75, 3.05) is 13.2 Å². The predicted molar refractivity (Wildman–Crippen MR) is 95.8 cm³/mol. The van der Waals surface area contributed by atoms with Crippen molar-refractivity contribution in [3.8, 4) is 0 Å². The van der Waals surface area contributed by atoms with Crippen LogP contribution in [0.2, 0.25) is 0 Å². The highest BCUT2D eigenvalue weighted by atomic mass is 19.1. The Hall–Kier alpha value is -3.55. The van der Waals surface area contributed by atoms with Crippen LogP contribution >= 0.6 is 0 Å². The van der Waals surface area contributed by atoms with Crippen LogP contribution in [0.15, 0.2) is 53.3 Å². The number of carbonyl (C=O) groups is 2. The quantitative estimate of drug-likeness (QED) is 0.643. The number of amides is 1. The fraction of sp³-hybridized carbons (Fsp3) is 0.158. The van der Waals surface area contributed by atoms with Gasteiger partial charge in [0.1, 0.15) is 5.82 Å². The van der Waals surface area contributed by atoms with Crippen molar-refractivity contribution in [2.45, 2.75) is 6.42 Å². The number of nitrogens with zero attached hydrogens (tertiary/aromatic N) is 1. The first-order valence-corrected chi connectivity index (χ1v) is 8.20. The van der Waals surface area contributed by atoms with Crippen LogP contribution in [0.25, 0.3) is 10.8 Å². The molecule has 2 aromatic carbocycles. The van der Waals surface area contributed by atoms with Gasteiger partial charge in [0, 0.05) is 11.9 Å². The summed E-state index contributed by atoms with van der Waals surface area (Å²) in [5.74, 6) is -1.60. The summed E-state index contributed by atoms with van der Waals surface area (Å²) in [6, 6.07) is 12.4. The van der Waals surface area contributed by atoms with Crippen molar-refractivity contribution in [1.29, 1.82) is 0 Å². The monoisotopic (exact) mass is 369 g/mol. The topological polar surface area (TPSA) is 101 Å². The number of H-pyrrole nitrogens is 1. The van der Waals surface area contributed by atoms with E-state index in [4.69, 9.17) is 4.74 Å². The number of hydrogen-bond acceptors (Lipinski definition) is 5. The summed E-state index contributed by atoms with van der Waals surface area (Å²) in [5, 5.41) is 9.22. The van der Waals surface area contributed by atoms with E-state index >= 15 is 0 Å². The molecule has 0 spiro atoms. The lowest BCUT2D eigenvalue weighted by Crippen LogP contribution is -2.30. The van der Waals surface area contributed by atoms with Crippen molar-refractivity contribution in [3.63, 3.8) is 0 Å². The van der Waals surface area contributed by atoms with E-state index in [1.165, 1.54) is 12.1 Å². The Morgan fingerprint density at radius 3 is 2.52 bits per heavy atom. The molecule has 138 valence electrons. The number of aromatic nitrogens is 2. The first kappa shape index (κ1) is 18.2. The van der Waals surface area contributed by atoms with Gasteiger partial charge in [0.15, 0.2) is 12.3 Å². The van der Waals surface area contributed by atoms with Gasteiger partial charge >= 0.3 is 5.97 Å². The van der Waals surface area contributed by atoms with Crippen molar-refractivity contribution in [1.82, 2.24) is 15.5 Å². The molecule has 27 heavy (non-hydrogen) atoms. The molecule has 1 amide bonds. The van der Waals surface area contributed by atoms with Crippen LogP contribution in [0.4, 0.5) is 4.39 Å². The molecule has 0 atom stereocenters. The molecule has 0 aliphatic heterocycles. The van der Waals surface area contributed by atoms with E-state index in [9.17, 15) is 18.8 Å². The number of fused-ring (bicyclic) bond motifs is 1. The van der Waals surface area contributed by atoms with Crippen molar-refractivity contribution in [3.05, 3.63) is 76.0 Å². The van der Waals surface area contributed by atoms with Crippen LogP contribution < -0.4 is 10.9 Å². The van der Waals surface area contributed by atoms with Gasteiger partial charge in [-0.15, -0.1) is 0 Å². The fourth-order valence-corrected chi connectivity index (χ4v) is 2.52. The summed E-state index contributed by atoms with van der Waals surface area (Å²) in [6.07, 6.45) is 0.520. The molecule has 2 N–H and O–H groups in total. The number of nitrogens with one attached hydrogen (secondary N) is 2. The largest absolute Gasteiger partial charge is 0.451 e. The minimum absolute atomic E-state index is 0.0655. The number of rotatable bonds is 6. The summed E-state index contributed by atoms with van der Waals surface area (Å²) in [5.41, 5.74) is 0.391. The van der Waals surface area contributed by atoms with Crippen LogP contribution in [0.1, 0.15) is 16.1 Å². The van der Waals surface area contributed by atoms with Gasteiger partial charge in [0.2, 0.25) is 0 Å². The number of halogens is 1. The Kier molecular flexibility index (Phi) is 5.55. The van der Waals surface area contributed by atoms with Crippen LogP contribution in [0.3, 0.4) is 0 Å². The van der Waals surface area contributed by atoms with Crippen molar-refractivity contribution < 1.29 is 18.7 Å². The zero-order valence-electron chi connectivity index (χ0n) is 14.2. The molecule has 3 rings (SSSR count). The summed E-state index contributed by atoms with van der Waals surface area (Å²) in [6.45, 7) is -0.154. The molecule has 0 radical (unpaired) electrons. The van der Waals surface area contributed by atoms with Gasteiger partial charge in [-0.3, -0.25) is 9.59 Å². The summed E-state index contributed by atoms with van der Waals surface area (Å²) in [4.78, 5) is 35.7. The van der Waals surface area contributed by atoms with E-state index in [-0.39, 0.29) is 11.5 Å². The van der Waals surface area contributed by atoms with E-state index < -0.39 is 24.0 Å². The van der Waals surface area contributed by atoms with Gasteiger partial charge in [-0.05, 0) is 30.2 Å². The first-order chi connectivity index (χ1) is 13.0. The number of carbonyl (C=O) groups excluding carboxylic acids is 2. The number of hydrogen-bond donors (Lipinski definition) is 2. The lowest BCUT2D eigenvalue weighted by atomic mass is 10.1. The van der Waals surface area contributed by atoms with Gasteiger partial charge in [0.25, 0.3) is 11.5 Å². The highest BCUT2D eigenvalue weighted by Crippen LogP contribution is 2.13. The molecule has 1 heterocycles. The van der Waals surface area contributed by atoms with Gasteiger partial charge in [0.05, 0.1) is 5.39 Å². The molecule has 0 aliphatic carbocycles. The maximum atomic E-state index is 12.8. The second-order valence-electron chi connectivity index (χ2n) is 5.75. The van der Waals surface area contributed by atoms with Gasteiger partial charge in [-0.2, -0.15) is 5.10 Å². The number of aromatic amines is 1. The molecule has 0 saturated heterocycles. The maximum Gasteiger partial charge on any atom is 0.359 e. The van der Waals surface area contributed by atoms with E-state index in [0.29, 0.717) is 23.7 Å². The average Bonchev–Trinajstić information content (AvgIpc) is 2.68. The molecular weight excluding hydrogens is 353 g/mol. The minimum atomic E-state index is -0.809. The van der Waals surface area contributed by atoms with Gasteiger partial charge in [-0.1, -0.05) is 30.3 Å². The smallest absolute Gasteiger partial charge is 0.359 e. The van der Waals surface area contributed by atoms with E-state index in [1.54, 1.807) is 36.4 Å². The molecule has 0 unspecified atom stereocenters. The Bertz CT molecular complexity index is 1030. The van der Waals surface area contributed by atoms with Crippen LogP contribution in [0, 0.1) is 5.82 Å². The van der Waals surface area contributed by atoms with Crippen LogP contribution in [0.5, 0.6) is 0 Å². The van der Waals surface area contributed by atoms with Crippen molar-refractivity contribution in [2.24, 2.45) is 0 Å².